The summed E-state index contributed by atoms with van der Waals surface area (Å²) in [5.74, 6) is -0.0654. The van der Waals surface area contributed by atoms with Crippen LogP contribution >= 0.6 is 0 Å². The highest BCUT2D eigenvalue weighted by atomic mass is 16.6. The molecule has 4 rings (SSSR count). The zero-order valence-corrected chi connectivity index (χ0v) is 19.3. The van der Waals surface area contributed by atoms with Gasteiger partial charge in [-0.1, -0.05) is 63.2 Å². The van der Waals surface area contributed by atoms with Crippen molar-refractivity contribution in [2.24, 2.45) is 11.8 Å². The van der Waals surface area contributed by atoms with Gasteiger partial charge in [-0.3, -0.25) is 0 Å². The van der Waals surface area contributed by atoms with Gasteiger partial charge in [-0.05, 0) is 48.4 Å². The van der Waals surface area contributed by atoms with Crippen LogP contribution < -0.4 is 0 Å². The number of hydrogen-bond acceptors (Lipinski definition) is 5. The lowest BCUT2D eigenvalue weighted by Crippen LogP contribution is -2.27. The van der Waals surface area contributed by atoms with Crippen LogP contribution in [0.3, 0.4) is 0 Å². The number of rotatable bonds is 7. The molecule has 2 N–H and O–H groups in total. The highest BCUT2D eigenvalue weighted by Crippen LogP contribution is 2.46. The normalized spacial score (nSPS) is 27.2. The number of esters is 1. The second kappa shape index (κ2) is 11.6. The molecule has 0 bridgehead atoms. The molecule has 2 fully saturated rings. The minimum Gasteiger partial charge on any atom is -0.458 e. The predicted molar refractivity (Wildman–Crippen MR) is 125 cm³/mol. The van der Waals surface area contributed by atoms with Gasteiger partial charge in [0.25, 0.3) is 0 Å². The Morgan fingerprint density at radius 2 is 1.72 bits per heavy atom. The highest BCUT2D eigenvalue weighted by Gasteiger charge is 2.50. The Labute approximate surface area is 191 Å². The molecule has 5 heteroatoms. The van der Waals surface area contributed by atoms with E-state index in [4.69, 9.17) is 9.47 Å². The average Bonchev–Trinajstić information content (AvgIpc) is 3.34. The molecule has 1 saturated heterocycles. The monoisotopic (exact) mass is 440 g/mol. The fraction of sp³-hybridized carbons (Fsp3) is 0.519. The third-order valence-corrected chi connectivity index (χ3v) is 6.57. The lowest BCUT2D eigenvalue weighted by Gasteiger charge is -2.25. The first-order valence-corrected chi connectivity index (χ1v) is 11.9. The first-order chi connectivity index (χ1) is 15.5. The Bertz CT molecular complexity index is 835. The number of fused-ring (bicyclic) bond motifs is 1. The second-order valence-corrected chi connectivity index (χ2v) is 8.45. The summed E-state index contributed by atoms with van der Waals surface area (Å²) in [6.45, 7) is 5.96. The molecule has 5 nitrogen and oxygen atoms in total. The maximum atomic E-state index is 12.8. The molecule has 0 aromatic heterocycles. The molecule has 2 aliphatic rings. The van der Waals surface area contributed by atoms with E-state index >= 15 is 0 Å². The van der Waals surface area contributed by atoms with E-state index in [2.05, 4.69) is 0 Å². The molecule has 1 heterocycles. The van der Waals surface area contributed by atoms with Crippen LogP contribution in [0.1, 0.15) is 63.2 Å². The van der Waals surface area contributed by atoms with Crippen molar-refractivity contribution in [3.05, 3.63) is 60.2 Å². The Kier molecular flexibility index (Phi) is 8.85. The van der Waals surface area contributed by atoms with Crippen molar-refractivity contribution in [3.63, 3.8) is 0 Å². The number of ether oxygens (including phenoxy) is 2. The molecule has 0 radical (unpaired) electrons. The Balaban J connectivity index is 0.00000141. The molecule has 2 unspecified atom stereocenters. The van der Waals surface area contributed by atoms with Gasteiger partial charge in [0.2, 0.25) is 0 Å². The molecular formula is C27H36O5. The van der Waals surface area contributed by atoms with E-state index in [-0.39, 0.29) is 36.1 Å². The number of hydrogen-bond donors (Lipinski definition) is 2. The number of carbonyl (C=O) groups excluding carboxylic acids is 1. The van der Waals surface area contributed by atoms with Gasteiger partial charge < -0.3 is 19.7 Å². The summed E-state index contributed by atoms with van der Waals surface area (Å²) >= 11 is 0. The van der Waals surface area contributed by atoms with Crippen molar-refractivity contribution in [3.8, 4) is 11.1 Å². The van der Waals surface area contributed by atoms with Crippen molar-refractivity contribution in [2.45, 2.75) is 77.5 Å². The first-order valence-electron chi connectivity index (χ1n) is 11.9. The standard InChI is InChI=1S/C25H30O5.C2H6/c1-2-19(26)12-13-20-21-14-24(27)29-23(21)15-22(20)30-25(28)18-10-8-17(9-11-18)16-6-4-3-5-7-16;1-2/h3-11,19-24,26-27H,2,12-15H2,1H3;1-2H3/t19-,20+,21+,22?,23-,24?;/m0./s1. The van der Waals surface area contributed by atoms with Crippen molar-refractivity contribution in [1.29, 1.82) is 0 Å². The Morgan fingerprint density at radius 1 is 1.06 bits per heavy atom. The number of benzene rings is 2. The van der Waals surface area contributed by atoms with Gasteiger partial charge in [-0.2, -0.15) is 0 Å². The smallest absolute Gasteiger partial charge is 0.338 e. The highest BCUT2D eigenvalue weighted by molar-refractivity contribution is 5.90. The first kappa shape index (κ1) is 24.4. The zero-order valence-electron chi connectivity index (χ0n) is 19.3. The third-order valence-electron chi connectivity index (χ3n) is 6.57. The maximum Gasteiger partial charge on any atom is 0.338 e. The van der Waals surface area contributed by atoms with Crippen LogP contribution in [0.15, 0.2) is 54.6 Å². The van der Waals surface area contributed by atoms with Crippen LogP contribution in [-0.2, 0) is 9.47 Å². The van der Waals surface area contributed by atoms with Crippen molar-refractivity contribution < 1.29 is 24.5 Å². The zero-order chi connectivity index (χ0) is 23.1. The average molecular weight is 441 g/mol. The lowest BCUT2D eigenvalue weighted by atomic mass is 9.87. The topological polar surface area (TPSA) is 76.0 Å². The molecule has 1 saturated carbocycles. The molecule has 1 aliphatic carbocycles. The summed E-state index contributed by atoms with van der Waals surface area (Å²) in [5, 5.41) is 19.9. The number of aliphatic hydroxyl groups is 2. The Morgan fingerprint density at radius 3 is 2.38 bits per heavy atom. The van der Waals surface area contributed by atoms with E-state index < -0.39 is 6.29 Å². The SMILES string of the molecule is CC.CC[C@H](O)CC[C@H]1C(OC(=O)c2ccc(-c3ccccc3)cc2)C[C@@H]2OC(O)C[C@@H]21. The quantitative estimate of drug-likeness (QED) is 0.579. The summed E-state index contributed by atoms with van der Waals surface area (Å²) in [5.41, 5.74) is 2.68. The maximum absolute atomic E-state index is 12.8. The summed E-state index contributed by atoms with van der Waals surface area (Å²) in [7, 11) is 0. The molecule has 0 spiro atoms. The van der Waals surface area contributed by atoms with Crippen LogP contribution in [0.25, 0.3) is 11.1 Å². The van der Waals surface area contributed by atoms with Crippen LogP contribution in [0, 0.1) is 11.8 Å². The van der Waals surface area contributed by atoms with Gasteiger partial charge in [0, 0.05) is 18.8 Å². The van der Waals surface area contributed by atoms with Gasteiger partial charge in [0.15, 0.2) is 6.29 Å². The van der Waals surface area contributed by atoms with Crippen LogP contribution in [0.2, 0.25) is 0 Å². The molecule has 2 aromatic rings. The second-order valence-electron chi connectivity index (χ2n) is 8.45. The van der Waals surface area contributed by atoms with Crippen LogP contribution in [0.4, 0.5) is 0 Å². The number of aliphatic hydroxyl groups excluding tert-OH is 2. The fourth-order valence-electron chi connectivity index (χ4n) is 4.86. The van der Waals surface area contributed by atoms with Gasteiger partial charge >= 0.3 is 5.97 Å². The molecule has 174 valence electrons. The fourth-order valence-corrected chi connectivity index (χ4v) is 4.86. The van der Waals surface area contributed by atoms with Gasteiger partial charge in [-0.15, -0.1) is 0 Å². The molecule has 6 atom stereocenters. The molecule has 32 heavy (non-hydrogen) atoms. The number of carbonyl (C=O) groups is 1. The van der Waals surface area contributed by atoms with E-state index in [9.17, 15) is 15.0 Å². The minimum atomic E-state index is -0.735. The summed E-state index contributed by atoms with van der Waals surface area (Å²) in [4.78, 5) is 12.8. The van der Waals surface area contributed by atoms with E-state index in [1.54, 1.807) is 12.1 Å². The van der Waals surface area contributed by atoms with E-state index in [1.807, 2.05) is 63.2 Å². The van der Waals surface area contributed by atoms with Gasteiger partial charge in [0.1, 0.15) is 6.10 Å². The van der Waals surface area contributed by atoms with E-state index in [0.29, 0.717) is 31.2 Å². The van der Waals surface area contributed by atoms with E-state index in [0.717, 1.165) is 17.5 Å². The summed E-state index contributed by atoms with van der Waals surface area (Å²) in [6.07, 6.45) is 1.88. The van der Waals surface area contributed by atoms with Crippen LogP contribution in [0.5, 0.6) is 0 Å². The van der Waals surface area contributed by atoms with Gasteiger partial charge in [-0.25, -0.2) is 4.79 Å². The van der Waals surface area contributed by atoms with Gasteiger partial charge in [0.05, 0.1) is 17.8 Å². The molecule has 2 aromatic carbocycles. The molecule has 0 amide bonds. The predicted octanol–water partition coefficient (Wildman–Crippen LogP) is 5.20. The molecular weight excluding hydrogens is 404 g/mol. The lowest BCUT2D eigenvalue weighted by molar-refractivity contribution is -0.0958. The van der Waals surface area contributed by atoms with Crippen molar-refractivity contribution >= 4 is 5.97 Å². The third kappa shape index (κ3) is 5.77. The summed E-state index contributed by atoms with van der Waals surface area (Å²) < 4.78 is 11.5. The summed E-state index contributed by atoms with van der Waals surface area (Å²) in [6, 6.07) is 17.5. The van der Waals surface area contributed by atoms with Crippen molar-refractivity contribution in [1.82, 2.24) is 0 Å². The van der Waals surface area contributed by atoms with Crippen LogP contribution in [-0.4, -0.2) is 40.8 Å². The van der Waals surface area contributed by atoms with E-state index in [1.165, 1.54) is 0 Å². The largest absolute Gasteiger partial charge is 0.458 e. The molecule has 1 aliphatic heterocycles. The minimum absolute atomic E-state index is 0.0815. The Hall–Kier alpha value is -2.21. The van der Waals surface area contributed by atoms with Crippen molar-refractivity contribution in [2.75, 3.05) is 0 Å².